The minimum Gasteiger partial charge on any atom is -0.490 e. The van der Waals surface area contributed by atoms with Crippen molar-refractivity contribution in [2.24, 2.45) is 0 Å². The Balaban J connectivity index is 2.21. The Hall–Kier alpha value is -1.82. The fraction of sp³-hybridized carbons (Fsp3) is 0.500. The van der Waals surface area contributed by atoms with Gasteiger partial charge in [-0.15, -0.1) is 0 Å². The molecular weight excluding hydrogens is 238 g/mol. The predicted molar refractivity (Wildman–Crippen MR) is 73.3 cm³/mol. The van der Waals surface area contributed by atoms with E-state index in [0.717, 1.165) is 12.8 Å². The Kier molecular flexibility index (Phi) is 4.57. The number of hydrogen-bond acceptors (Lipinski definition) is 3. The van der Waals surface area contributed by atoms with Crippen LogP contribution < -0.4 is 4.74 Å². The number of rotatable bonds is 3. The molecule has 0 heterocycles. The number of carbonyl (C=O) groups excluding carboxylic acids is 1. The van der Waals surface area contributed by atoms with Crippen molar-refractivity contribution in [1.82, 2.24) is 0 Å². The van der Waals surface area contributed by atoms with Crippen molar-refractivity contribution in [3.05, 3.63) is 29.3 Å². The zero-order valence-electron chi connectivity index (χ0n) is 11.3. The second kappa shape index (κ2) is 6.38. The molecule has 0 atom stereocenters. The smallest absolute Gasteiger partial charge is 0.163 e. The molecule has 3 nitrogen and oxygen atoms in total. The van der Waals surface area contributed by atoms with Crippen LogP contribution in [0, 0.1) is 11.3 Å². The summed E-state index contributed by atoms with van der Waals surface area (Å²) in [5, 5.41) is 8.95. The topological polar surface area (TPSA) is 50.1 Å². The van der Waals surface area contributed by atoms with Gasteiger partial charge in [-0.3, -0.25) is 4.79 Å². The minimum atomic E-state index is -0.0203. The maximum absolute atomic E-state index is 11.6. The van der Waals surface area contributed by atoms with Crippen LogP contribution in [0.1, 0.15) is 61.4 Å². The molecule has 2 rings (SSSR count). The Bertz CT molecular complexity index is 494. The number of carbonyl (C=O) groups is 1. The van der Waals surface area contributed by atoms with Crippen molar-refractivity contribution >= 4 is 5.78 Å². The van der Waals surface area contributed by atoms with Gasteiger partial charge < -0.3 is 4.74 Å². The number of benzene rings is 1. The summed E-state index contributed by atoms with van der Waals surface area (Å²) in [7, 11) is 0. The number of nitriles is 1. The highest BCUT2D eigenvalue weighted by Crippen LogP contribution is 2.26. The molecule has 1 aromatic carbocycles. The highest BCUT2D eigenvalue weighted by molar-refractivity contribution is 5.97. The summed E-state index contributed by atoms with van der Waals surface area (Å²) in [6.07, 6.45) is 7.13. The molecule has 0 unspecified atom stereocenters. The van der Waals surface area contributed by atoms with Gasteiger partial charge in [0.15, 0.2) is 5.78 Å². The lowest BCUT2D eigenvalue weighted by Crippen LogP contribution is -2.16. The van der Waals surface area contributed by atoms with Crippen LogP contribution in [0.3, 0.4) is 0 Å². The van der Waals surface area contributed by atoms with Gasteiger partial charge >= 0.3 is 0 Å². The van der Waals surface area contributed by atoms with E-state index < -0.39 is 0 Å². The Morgan fingerprint density at radius 3 is 2.53 bits per heavy atom. The summed E-state index contributed by atoms with van der Waals surface area (Å²) in [5.74, 6) is 0.548. The van der Waals surface area contributed by atoms with E-state index in [9.17, 15) is 4.79 Å². The van der Waals surface area contributed by atoms with Crippen molar-refractivity contribution in [3.63, 3.8) is 0 Å². The van der Waals surface area contributed by atoms with E-state index >= 15 is 0 Å². The molecule has 1 aliphatic carbocycles. The van der Waals surface area contributed by atoms with E-state index in [1.54, 1.807) is 18.2 Å². The van der Waals surface area contributed by atoms with Crippen LogP contribution in [-0.2, 0) is 0 Å². The third-order valence-electron chi connectivity index (χ3n) is 3.59. The van der Waals surface area contributed by atoms with Gasteiger partial charge in [0.2, 0.25) is 0 Å². The maximum atomic E-state index is 11.6. The zero-order valence-corrected chi connectivity index (χ0v) is 11.3. The van der Waals surface area contributed by atoms with Crippen LogP contribution in [0.4, 0.5) is 0 Å². The summed E-state index contributed by atoms with van der Waals surface area (Å²) in [5.41, 5.74) is 1.11. The standard InChI is InChI=1S/C16H19NO2/c1-12(18)15-9-8-13(11-17)10-16(15)19-14-6-4-2-3-5-7-14/h8-10,14H,2-7H2,1H3. The van der Waals surface area contributed by atoms with Crippen LogP contribution in [0.25, 0.3) is 0 Å². The van der Waals surface area contributed by atoms with Gasteiger partial charge in [0.25, 0.3) is 0 Å². The lowest BCUT2D eigenvalue weighted by Gasteiger charge is -2.18. The molecule has 0 aliphatic heterocycles. The second-order valence-electron chi connectivity index (χ2n) is 5.11. The Morgan fingerprint density at radius 1 is 1.26 bits per heavy atom. The third kappa shape index (κ3) is 3.57. The van der Waals surface area contributed by atoms with Gasteiger partial charge in [0.05, 0.1) is 23.3 Å². The molecule has 0 radical (unpaired) electrons. The van der Waals surface area contributed by atoms with E-state index in [-0.39, 0.29) is 11.9 Å². The molecule has 19 heavy (non-hydrogen) atoms. The number of hydrogen-bond donors (Lipinski definition) is 0. The van der Waals surface area contributed by atoms with E-state index in [0.29, 0.717) is 16.9 Å². The highest BCUT2D eigenvalue weighted by atomic mass is 16.5. The van der Waals surface area contributed by atoms with Crippen LogP contribution in [0.2, 0.25) is 0 Å². The molecule has 0 aromatic heterocycles. The largest absolute Gasteiger partial charge is 0.490 e. The molecular formula is C16H19NO2. The van der Waals surface area contributed by atoms with Gasteiger partial charge in [-0.1, -0.05) is 12.8 Å². The van der Waals surface area contributed by atoms with Gasteiger partial charge in [-0.05, 0) is 50.8 Å². The molecule has 0 bridgehead atoms. The van der Waals surface area contributed by atoms with Gasteiger partial charge in [0, 0.05) is 0 Å². The van der Waals surface area contributed by atoms with Crippen molar-refractivity contribution in [2.75, 3.05) is 0 Å². The van der Waals surface area contributed by atoms with Crippen molar-refractivity contribution in [3.8, 4) is 11.8 Å². The summed E-state index contributed by atoms with van der Waals surface area (Å²) in [6, 6.07) is 7.12. The molecule has 0 saturated heterocycles. The molecule has 0 spiro atoms. The summed E-state index contributed by atoms with van der Waals surface area (Å²) in [6.45, 7) is 1.53. The van der Waals surface area contributed by atoms with E-state index in [2.05, 4.69) is 6.07 Å². The lowest BCUT2D eigenvalue weighted by atomic mass is 10.1. The lowest BCUT2D eigenvalue weighted by molar-refractivity contribution is 0.100. The van der Waals surface area contributed by atoms with Crippen molar-refractivity contribution < 1.29 is 9.53 Å². The quantitative estimate of drug-likeness (QED) is 0.610. The molecule has 1 fully saturated rings. The molecule has 1 aromatic rings. The average Bonchev–Trinajstić information content (AvgIpc) is 2.67. The monoisotopic (exact) mass is 257 g/mol. The number of Topliss-reactive ketones (excluding diaryl/α,β-unsaturated/α-hetero) is 1. The molecule has 100 valence electrons. The number of ether oxygens (including phenoxy) is 1. The maximum Gasteiger partial charge on any atom is 0.163 e. The van der Waals surface area contributed by atoms with E-state index in [1.165, 1.54) is 32.6 Å². The molecule has 0 amide bonds. The zero-order chi connectivity index (χ0) is 13.7. The second-order valence-corrected chi connectivity index (χ2v) is 5.11. The van der Waals surface area contributed by atoms with Gasteiger partial charge in [-0.25, -0.2) is 0 Å². The normalized spacial score (nSPS) is 16.4. The fourth-order valence-corrected chi connectivity index (χ4v) is 2.52. The van der Waals surface area contributed by atoms with Crippen molar-refractivity contribution in [2.45, 2.75) is 51.6 Å². The van der Waals surface area contributed by atoms with Crippen LogP contribution >= 0.6 is 0 Å². The minimum absolute atomic E-state index is 0.0203. The summed E-state index contributed by atoms with van der Waals surface area (Å²) in [4.78, 5) is 11.6. The third-order valence-corrected chi connectivity index (χ3v) is 3.59. The first-order chi connectivity index (χ1) is 9.20. The Labute approximate surface area is 114 Å². The number of ketones is 1. The first-order valence-electron chi connectivity index (χ1n) is 6.92. The van der Waals surface area contributed by atoms with E-state index in [4.69, 9.17) is 10.00 Å². The van der Waals surface area contributed by atoms with Crippen LogP contribution in [0.5, 0.6) is 5.75 Å². The van der Waals surface area contributed by atoms with Crippen LogP contribution in [0.15, 0.2) is 18.2 Å². The van der Waals surface area contributed by atoms with Crippen LogP contribution in [-0.4, -0.2) is 11.9 Å². The first-order valence-corrected chi connectivity index (χ1v) is 6.92. The summed E-state index contributed by atoms with van der Waals surface area (Å²) < 4.78 is 6.00. The summed E-state index contributed by atoms with van der Waals surface area (Å²) >= 11 is 0. The number of nitrogens with zero attached hydrogens (tertiary/aromatic N) is 1. The van der Waals surface area contributed by atoms with Crippen molar-refractivity contribution in [1.29, 1.82) is 5.26 Å². The molecule has 3 heteroatoms. The average molecular weight is 257 g/mol. The fourth-order valence-electron chi connectivity index (χ4n) is 2.52. The highest BCUT2D eigenvalue weighted by Gasteiger charge is 2.17. The predicted octanol–water partition coefficient (Wildman–Crippen LogP) is 3.86. The molecule has 1 aliphatic rings. The van der Waals surface area contributed by atoms with E-state index in [1.807, 2.05) is 0 Å². The SMILES string of the molecule is CC(=O)c1ccc(C#N)cc1OC1CCCCCC1. The molecule has 1 saturated carbocycles. The van der Waals surface area contributed by atoms with Gasteiger partial charge in [-0.2, -0.15) is 5.26 Å². The van der Waals surface area contributed by atoms with Gasteiger partial charge in [0.1, 0.15) is 5.75 Å². The first kappa shape index (κ1) is 13.6. The Morgan fingerprint density at radius 2 is 1.95 bits per heavy atom. The molecule has 0 N–H and O–H groups in total.